The van der Waals surface area contributed by atoms with Crippen molar-refractivity contribution >= 4 is 33.4 Å². The molecule has 0 atom stereocenters. The number of halogens is 1. The summed E-state index contributed by atoms with van der Waals surface area (Å²) in [5.74, 6) is -0.245. The number of rotatable bonds is 6. The van der Waals surface area contributed by atoms with Gasteiger partial charge in [-0.05, 0) is 35.7 Å². The van der Waals surface area contributed by atoms with Crippen LogP contribution in [-0.2, 0) is 17.4 Å². The molecule has 0 saturated heterocycles. The van der Waals surface area contributed by atoms with Crippen LogP contribution in [0.4, 0.5) is 5.69 Å². The minimum absolute atomic E-state index is 0.274. The molecule has 2 heterocycles. The summed E-state index contributed by atoms with van der Waals surface area (Å²) in [5, 5.41) is 13.9. The number of aryl methyl sites for hydroxylation is 1. The van der Waals surface area contributed by atoms with Crippen LogP contribution in [-0.4, -0.2) is 37.9 Å². The zero-order valence-corrected chi connectivity index (χ0v) is 16.6. The zero-order valence-electron chi connectivity index (χ0n) is 15.0. The van der Waals surface area contributed by atoms with Gasteiger partial charge in [0, 0.05) is 19.8 Å². The number of nitrogens with one attached hydrogen (secondary N) is 2. The number of aromatic nitrogens is 4. The Balaban J connectivity index is 2.20. The SMILES string of the molecule is CC(C)CNC(=O)c1c(NC(=O)C(C)(C)n2cc(Br)cn2)cnn1C. The predicted molar refractivity (Wildman–Crippen MR) is 98.3 cm³/mol. The van der Waals surface area contributed by atoms with Crippen molar-refractivity contribution < 1.29 is 9.59 Å². The first-order valence-electron chi connectivity index (χ1n) is 7.95. The van der Waals surface area contributed by atoms with Crippen molar-refractivity contribution in [2.24, 2.45) is 13.0 Å². The number of carbonyl (C=O) groups excluding carboxylic acids is 2. The van der Waals surface area contributed by atoms with Gasteiger partial charge in [-0.2, -0.15) is 10.2 Å². The van der Waals surface area contributed by atoms with Gasteiger partial charge in [0.15, 0.2) is 0 Å². The van der Waals surface area contributed by atoms with E-state index in [1.54, 1.807) is 38.0 Å². The van der Waals surface area contributed by atoms with E-state index in [2.05, 4.69) is 36.8 Å². The molecule has 0 bridgehead atoms. The van der Waals surface area contributed by atoms with Gasteiger partial charge in [-0.3, -0.25) is 19.0 Å². The van der Waals surface area contributed by atoms with Gasteiger partial charge >= 0.3 is 0 Å². The molecule has 2 aromatic rings. The second-order valence-electron chi connectivity index (χ2n) is 6.75. The molecule has 0 unspecified atom stereocenters. The average molecular weight is 411 g/mol. The van der Waals surface area contributed by atoms with Gasteiger partial charge in [-0.15, -0.1) is 0 Å². The topological polar surface area (TPSA) is 93.8 Å². The molecule has 136 valence electrons. The van der Waals surface area contributed by atoms with Crippen molar-refractivity contribution in [2.45, 2.75) is 33.2 Å². The average Bonchev–Trinajstić information content (AvgIpc) is 3.11. The summed E-state index contributed by atoms with van der Waals surface area (Å²) in [7, 11) is 1.66. The smallest absolute Gasteiger partial charge is 0.271 e. The summed E-state index contributed by atoms with van der Waals surface area (Å²) in [6.07, 6.45) is 4.81. The van der Waals surface area contributed by atoms with Gasteiger partial charge in [0.05, 0.1) is 22.6 Å². The zero-order chi connectivity index (χ0) is 18.8. The normalized spacial score (nSPS) is 11.6. The maximum atomic E-state index is 12.7. The molecule has 8 nitrogen and oxygen atoms in total. The first-order valence-corrected chi connectivity index (χ1v) is 8.74. The Morgan fingerprint density at radius 3 is 2.52 bits per heavy atom. The molecule has 0 aliphatic heterocycles. The Labute approximate surface area is 155 Å². The van der Waals surface area contributed by atoms with Crippen LogP contribution in [0.15, 0.2) is 23.1 Å². The lowest BCUT2D eigenvalue weighted by Crippen LogP contribution is -2.41. The Morgan fingerprint density at radius 2 is 1.96 bits per heavy atom. The molecule has 0 aliphatic carbocycles. The van der Waals surface area contributed by atoms with Gasteiger partial charge < -0.3 is 10.6 Å². The maximum Gasteiger partial charge on any atom is 0.271 e. The van der Waals surface area contributed by atoms with E-state index in [9.17, 15) is 9.59 Å². The molecule has 2 N–H and O–H groups in total. The molecule has 0 radical (unpaired) electrons. The number of amides is 2. The lowest BCUT2D eigenvalue weighted by molar-refractivity contribution is -0.123. The Morgan fingerprint density at radius 1 is 1.28 bits per heavy atom. The largest absolute Gasteiger partial charge is 0.350 e. The van der Waals surface area contributed by atoms with E-state index in [1.165, 1.54) is 10.9 Å². The van der Waals surface area contributed by atoms with Gasteiger partial charge in [0.25, 0.3) is 11.8 Å². The minimum atomic E-state index is -0.937. The maximum absolute atomic E-state index is 12.7. The molecule has 0 aromatic carbocycles. The molecule has 0 fully saturated rings. The lowest BCUT2D eigenvalue weighted by Gasteiger charge is -2.24. The third-order valence-electron chi connectivity index (χ3n) is 3.75. The fourth-order valence-electron chi connectivity index (χ4n) is 2.16. The first kappa shape index (κ1) is 19.2. The molecular formula is C16H23BrN6O2. The highest BCUT2D eigenvalue weighted by Gasteiger charge is 2.32. The number of carbonyl (C=O) groups is 2. The van der Waals surface area contributed by atoms with Gasteiger partial charge in [0.2, 0.25) is 0 Å². The number of hydrogen-bond donors (Lipinski definition) is 2. The highest BCUT2D eigenvalue weighted by Crippen LogP contribution is 2.22. The molecular weight excluding hydrogens is 388 g/mol. The highest BCUT2D eigenvalue weighted by molar-refractivity contribution is 9.10. The molecule has 2 amide bonds. The van der Waals surface area contributed by atoms with Crippen LogP contribution >= 0.6 is 15.9 Å². The Kier molecular flexibility index (Phi) is 5.66. The van der Waals surface area contributed by atoms with Crippen molar-refractivity contribution in [1.82, 2.24) is 24.9 Å². The van der Waals surface area contributed by atoms with Crippen LogP contribution in [0.25, 0.3) is 0 Å². The molecule has 9 heteroatoms. The summed E-state index contributed by atoms with van der Waals surface area (Å²) in [6, 6.07) is 0. The molecule has 0 spiro atoms. The number of anilines is 1. The second-order valence-corrected chi connectivity index (χ2v) is 7.67. The fourth-order valence-corrected chi connectivity index (χ4v) is 2.45. The summed E-state index contributed by atoms with van der Waals surface area (Å²) in [6.45, 7) is 8.06. The summed E-state index contributed by atoms with van der Waals surface area (Å²) < 4.78 is 3.79. The Bertz CT molecular complexity index is 777. The third kappa shape index (κ3) is 4.28. The first-order chi connectivity index (χ1) is 11.6. The highest BCUT2D eigenvalue weighted by atomic mass is 79.9. The minimum Gasteiger partial charge on any atom is -0.350 e. The number of nitrogens with zero attached hydrogens (tertiary/aromatic N) is 4. The van der Waals surface area contributed by atoms with E-state index in [-0.39, 0.29) is 11.8 Å². The van der Waals surface area contributed by atoms with Crippen molar-refractivity contribution in [1.29, 1.82) is 0 Å². The van der Waals surface area contributed by atoms with Gasteiger partial charge in [-0.25, -0.2) is 0 Å². The summed E-state index contributed by atoms with van der Waals surface area (Å²) >= 11 is 3.32. The standard InChI is InChI=1S/C16H23BrN6O2/c1-10(2)6-18-14(24)13-12(8-19-22(13)5)21-15(25)16(3,4)23-9-11(17)7-20-23/h7-10H,6H2,1-5H3,(H,18,24)(H,21,25). The molecule has 2 aromatic heterocycles. The van der Waals surface area contributed by atoms with E-state index in [0.29, 0.717) is 23.8 Å². The van der Waals surface area contributed by atoms with E-state index >= 15 is 0 Å². The van der Waals surface area contributed by atoms with Crippen LogP contribution in [0.3, 0.4) is 0 Å². The molecule has 0 aliphatic rings. The third-order valence-corrected chi connectivity index (χ3v) is 4.16. The van der Waals surface area contributed by atoms with Crippen molar-refractivity contribution in [2.75, 3.05) is 11.9 Å². The van der Waals surface area contributed by atoms with Crippen molar-refractivity contribution in [3.05, 3.63) is 28.8 Å². The Hall–Kier alpha value is -2.16. The van der Waals surface area contributed by atoms with Crippen LogP contribution < -0.4 is 10.6 Å². The second kappa shape index (κ2) is 7.38. The van der Waals surface area contributed by atoms with E-state index in [4.69, 9.17) is 0 Å². The summed E-state index contributed by atoms with van der Waals surface area (Å²) in [5.41, 5.74) is -0.257. The van der Waals surface area contributed by atoms with E-state index in [1.807, 2.05) is 13.8 Å². The summed E-state index contributed by atoms with van der Waals surface area (Å²) in [4.78, 5) is 25.1. The van der Waals surface area contributed by atoms with Gasteiger partial charge in [-0.1, -0.05) is 13.8 Å². The fraction of sp³-hybridized carbons (Fsp3) is 0.500. The molecule has 0 saturated carbocycles. The van der Waals surface area contributed by atoms with Crippen LogP contribution in [0, 0.1) is 5.92 Å². The van der Waals surface area contributed by atoms with Crippen LogP contribution in [0.1, 0.15) is 38.2 Å². The monoisotopic (exact) mass is 410 g/mol. The predicted octanol–water partition coefficient (Wildman–Crippen LogP) is 2.14. The van der Waals surface area contributed by atoms with E-state index < -0.39 is 5.54 Å². The van der Waals surface area contributed by atoms with Crippen molar-refractivity contribution in [3.63, 3.8) is 0 Å². The molecule has 2 rings (SSSR count). The lowest BCUT2D eigenvalue weighted by atomic mass is 10.0. The van der Waals surface area contributed by atoms with Gasteiger partial charge in [0.1, 0.15) is 11.2 Å². The van der Waals surface area contributed by atoms with E-state index in [0.717, 1.165) is 4.47 Å². The van der Waals surface area contributed by atoms with Crippen LogP contribution in [0.5, 0.6) is 0 Å². The quantitative estimate of drug-likeness (QED) is 0.762. The van der Waals surface area contributed by atoms with Crippen LogP contribution in [0.2, 0.25) is 0 Å². The van der Waals surface area contributed by atoms with Crippen molar-refractivity contribution in [3.8, 4) is 0 Å². The number of hydrogen-bond acceptors (Lipinski definition) is 4. The molecule has 25 heavy (non-hydrogen) atoms.